The van der Waals surface area contributed by atoms with E-state index >= 15 is 0 Å². The number of furan rings is 1. The van der Waals surface area contributed by atoms with Crippen molar-refractivity contribution in [2.24, 2.45) is 0 Å². The molecule has 1 saturated heterocycles. The predicted octanol–water partition coefficient (Wildman–Crippen LogP) is 3.17. The molecule has 1 aliphatic rings. The van der Waals surface area contributed by atoms with Gasteiger partial charge in [0.2, 0.25) is 11.7 Å². The van der Waals surface area contributed by atoms with E-state index in [-0.39, 0.29) is 11.7 Å². The van der Waals surface area contributed by atoms with Crippen LogP contribution >= 0.6 is 0 Å². The second-order valence-corrected chi connectivity index (χ2v) is 4.94. The summed E-state index contributed by atoms with van der Waals surface area (Å²) in [5, 5.41) is 0. The van der Waals surface area contributed by atoms with Crippen molar-refractivity contribution in [1.29, 1.82) is 0 Å². The fourth-order valence-electron chi connectivity index (χ4n) is 2.41. The lowest BCUT2D eigenvalue weighted by Crippen LogP contribution is -2.23. The highest BCUT2D eigenvalue weighted by Gasteiger charge is 2.26. The van der Waals surface area contributed by atoms with Gasteiger partial charge in [0.1, 0.15) is 0 Å². The number of hydrogen-bond donors (Lipinski definition) is 0. The molecular weight excluding hydrogens is 266 g/mol. The summed E-state index contributed by atoms with van der Waals surface area (Å²) in [5.74, 6) is 0.140. The number of amides is 1. The number of nitrogens with zero attached hydrogens (tertiary/aromatic N) is 1. The lowest BCUT2D eigenvalue weighted by molar-refractivity contribution is -0.127. The Morgan fingerprint density at radius 2 is 1.95 bits per heavy atom. The molecule has 3 rings (SSSR count). The van der Waals surface area contributed by atoms with Gasteiger partial charge < -0.3 is 9.32 Å². The largest absolute Gasteiger partial charge is 0.461 e. The van der Waals surface area contributed by atoms with Crippen LogP contribution in [0, 0.1) is 0 Å². The number of hydrogen-bond acceptors (Lipinski definition) is 3. The van der Waals surface area contributed by atoms with E-state index in [0.29, 0.717) is 25.1 Å². The van der Waals surface area contributed by atoms with Gasteiger partial charge in [-0.2, -0.15) is 0 Å². The van der Waals surface area contributed by atoms with Gasteiger partial charge in [0.15, 0.2) is 5.76 Å². The lowest BCUT2D eigenvalue weighted by Gasteiger charge is -2.18. The highest BCUT2D eigenvalue weighted by atomic mass is 16.3. The van der Waals surface area contributed by atoms with E-state index in [0.717, 1.165) is 11.3 Å². The Kier molecular flexibility index (Phi) is 3.69. The molecule has 0 bridgehead atoms. The third-order valence-corrected chi connectivity index (χ3v) is 3.49. The Bertz CT molecular complexity index is 671. The first-order valence-electron chi connectivity index (χ1n) is 6.87. The summed E-state index contributed by atoms with van der Waals surface area (Å²) >= 11 is 0. The van der Waals surface area contributed by atoms with Gasteiger partial charge in [-0.25, -0.2) is 0 Å². The zero-order chi connectivity index (χ0) is 14.7. The first-order valence-corrected chi connectivity index (χ1v) is 6.87. The van der Waals surface area contributed by atoms with Crippen LogP contribution in [-0.2, 0) is 11.3 Å². The average molecular weight is 281 g/mol. The molecule has 21 heavy (non-hydrogen) atoms. The molecule has 0 saturated carbocycles. The number of ketones is 1. The summed E-state index contributed by atoms with van der Waals surface area (Å²) < 4.78 is 5.09. The van der Waals surface area contributed by atoms with Crippen LogP contribution in [-0.4, -0.2) is 16.6 Å². The second-order valence-electron chi connectivity index (χ2n) is 4.94. The van der Waals surface area contributed by atoms with Crippen molar-refractivity contribution >= 4 is 11.7 Å². The van der Waals surface area contributed by atoms with E-state index in [1.54, 1.807) is 17.0 Å². The van der Waals surface area contributed by atoms with Gasteiger partial charge in [-0.3, -0.25) is 9.59 Å². The average Bonchev–Trinajstić information content (AvgIpc) is 3.13. The van der Waals surface area contributed by atoms with Crippen LogP contribution in [0.3, 0.4) is 0 Å². The zero-order valence-electron chi connectivity index (χ0n) is 11.5. The van der Waals surface area contributed by atoms with Crippen molar-refractivity contribution in [2.45, 2.75) is 19.4 Å². The molecule has 0 aliphatic carbocycles. The maximum atomic E-state index is 12.1. The van der Waals surface area contributed by atoms with E-state index in [2.05, 4.69) is 0 Å². The first kappa shape index (κ1) is 13.4. The van der Waals surface area contributed by atoms with Crippen molar-refractivity contribution in [3.05, 3.63) is 71.8 Å². The SMILES string of the molecule is O=C(/C=C1\CCC(=O)N1Cc1ccccc1)c1ccco1. The van der Waals surface area contributed by atoms with Gasteiger partial charge in [0.05, 0.1) is 12.8 Å². The number of rotatable bonds is 4. The van der Waals surface area contributed by atoms with E-state index in [4.69, 9.17) is 4.42 Å². The Morgan fingerprint density at radius 3 is 2.67 bits per heavy atom. The van der Waals surface area contributed by atoms with E-state index in [9.17, 15) is 9.59 Å². The number of allylic oxidation sites excluding steroid dienone is 2. The van der Waals surface area contributed by atoms with Crippen LogP contribution in [0.4, 0.5) is 0 Å². The van der Waals surface area contributed by atoms with Crippen molar-refractivity contribution in [3.63, 3.8) is 0 Å². The Morgan fingerprint density at radius 1 is 1.14 bits per heavy atom. The molecule has 1 aromatic heterocycles. The molecule has 4 heteroatoms. The molecule has 1 aromatic carbocycles. The first-order chi connectivity index (χ1) is 10.2. The van der Waals surface area contributed by atoms with Crippen LogP contribution < -0.4 is 0 Å². The molecule has 0 atom stereocenters. The lowest BCUT2D eigenvalue weighted by atomic mass is 10.2. The molecule has 1 amide bonds. The van der Waals surface area contributed by atoms with Crippen LogP contribution in [0.5, 0.6) is 0 Å². The zero-order valence-corrected chi connectivity index (χ0v) is 11.5. The van der Waals surface area contributed by atoms with Crippen LogP contribution in [0.1, 0.15) is 29.0 Å². The molecule has 0 N–H and O–H groups in total. The molecule has 4 nitrogen and oxygen atoms in total. The van der Waals surface area contributed by atoms with Gasteiger partial charge in [0.25, 0.3) is 0 Å². The minimum atomic E-state index is -0.206. The van der Waals surface area contributed by atoms with E-state index < -0.39 is 0 Å². The number of likely N-dealkylation sites (tertiary alicyclic amines) is 1. The summed E-state index contributed by atoms with van der Waals surface area (Å²) in [6.07, 6.45) is 4.02. The van der Waals surface area contributed by atoms with Crippen LogP contribution in [0.25, 0.3) is 0 Å². The number of carbonyl (C=O) groups is 2. The topological polar surface area (TPSA) is 50.5 Å². The van der Waals surface area contributed by atoms with Gasteiger partial charge in [-0.05, 0) is 24.1 Å². The van der Waals surface area contributed by atoms with E-state index in [1.807, 2.05) is 30.3 Å². The minimum absolute atomic E-state index is 0.0531. The molecule has 1 fully saturated rings. The Labute approximate surface area is 122 Å². The maximum absolute atomic E-state index is 12.1. The van der Waals surface area contributed by atoms with Crippen molar-refractivity contribution in [1.82, 2.24) is 4.90 Å². The second kappa shape index (κ2) is 5.79. The van der Waals surface area contributed by atoms with Gasteiger partial charge in [-0.15, -0.1) is 0 Å². The summed E-state index contributed by atoms with van der Waals surface area (Å²) in [4.78, 5) is 25.7. The fourth-order valence-corrected chi connectivity index (χ4v) is 2.41. The third-order valence-electron chi connectivity index (χ3n) is 3.49. The van der Waals surface area contributed by atoms with E-state index in [1.165, 1.54) is 12.3 Å². The molecular formula is C17H15NO3. The van der Waals surface area contributed by atoms with Crippen LogP contribution in [0.2, 0.25) is 0 Å². The molecule has 0 radical (unpaired) electrons. The highest BCUT2D eigenvalue weighted by molar-refractivity contribution is 6.03. The molecule has 106 valence electrons. The minimum Gasteiger partial charge on any atom is -0.461 e. The normalized spacial score (nSPS) is 16.7. The molecule has 0 spiro atoms. The Hall–Kier alpha value is -2.62. The summed E-state index contributed by atoms with van der Waals surface area (Å²) in [5.41, 5.74) is 1.80. The summed E-state index contributed by atoms with van der Waals surface area (Å²) in [7, 11) is 0. The monoisotopic (exact) mass is 281 g/mol. The number of carbonyl (C=O) groups excluding carboxylic acids is 2. The fraction of sp³-hybridized carbons (Fsp3) is 0.176. The van der Waals surface area contributed by atoms with Crippen molar-refractivity contribution < 1.29 is 14.0 Å². The van der Waals surface area contributed by atoms with Crippen molar-refractivity contribution in [3.8, 4) is 0 Å². The summed E-state index contributed by atoms with van der Waals surface area (Å²) in [6, 6.07) is 13.0. The number of benzene rings is 1. The maximum Gasteiger partial charge on any atom is 0.227 e. The van der Waals surface area contributed by atoms with Crippen LogP contribution in [0.15, 0.2) is 64.9 Å². The standard InChI is InChI=1S/C17H15NO3/c19-15(16-7-4-10-21-16)11-14-8-9-17(20)18(14)12-13-5-2-1-3-6-13/h1-7,10-11H,8-9,12H2/b14-11+. The van der Waals surface area contributed by atoms with Gasteiger partial charge in [0, 0.05) is 18.2 Å². The predicted molar refractivity (Wildman–Crippen MR) is 77.3 cm³/mol. The molecule has 0 unspecified atom stereocenters. The molecule has 1 aliphatic heterocycles. The quantitative estimate of drug-likeness (QED) is 0.639. The molecule has 2 aromatic rings. The van der Waals surface area contributed by atoms with Gasteiger partial charge in [-0.1, -0.05) is 30.3 Å². The highest BCUT2D eigenvalue weighted by Crippen LogP contribution is 2.25. The smallest absolute Gasteiger partial charge is 0.227 e. The van der Waals surface area contributed by atoms with Gasteiger partial charge >= 0.3 is 0 Å². The van der Waals surface area contributed by atoms with Crippen molar-refractivity contribution in [2.75, 3.05) is 0 Å². The third kappa shape index (κ3) is 2.94. The molecule has 2 heterocycles. The summed E-state index contributed by atoms with van der Waals surface area (Å²) in [6.45, 7) is 0.497. The Balaban J connectivity index is 1.81.